The molecule has 0 amide bonds. The first-order valence-electron chi connectivity index (χ1n) is 10.4. The van der Waals surface area contributed by atoms with Crippen molar-refractivity contribution in [3.8, 4) is 5.75 Å². The van der Waals surface area contributed by atoms with Crippen LogP contribution in [0.25, 0.3) is 0 Å². The van der Waals surface area contributed by atoms with E-state index in [0.29, 0.717) is 25.9 Å². The molecule has 2 atom stereocenters. The van der Waals surface area contributed by atoms with Gasteiger partial charge in [-0.05, 0) is 73.1 Å². The van der Waals surface area contributed by atoms with Crippen LogP contribution in [-0.4, -0.2) is 32.6 Å². The molecular formula is C23H29ClFNO3S. The summed E-state index contributed by atoms with van der Waals surface area (Å²) in [6, 6.07) is 10.8. The van der Waals surface area contributed by atoms with Crippen molar-refractivity contribution in [1.29, 1.82) is 0 Å². The average Bonchev–Trinajstić information content (AvgIpc) is 2.70. The van der Waals surface area contributed by atoms with Crippen LogP contribution in [0.2, 0.25) is 5.02 Å². The van der Waals surface area contributed by atoms with Gasteiger partial charge in [0.15, 0.2) is 0 Å². The van der Waals surface area contributed by atoms with Gasteiger partial charge in [0.25, 0.3) is 0 Å². The molecule has 4 nitrogen and oxygen atoms in total. The number of aryl methyl sites for hydroxylation is 1. The van der Waals surface area contributed by atoms with E-state index in [0.717, 1.165) is 29.7 Å². The number of fused-ring (bicyclic) bond motifs is 1. The first-order chi connectivity index (χ1) is 14.3. The van der Waals surface area contributed by atoms with Crippen molar-refractivity contribution in [1.82, 2.24) is 0 Å². The molecule has 0 fully saturated rings. The minimum atomic E-state index is -2.99. The Hall–Kier alpha value is -1.63. The molecule has 7 heteroatoms. The van der Waals surface area contributed by atoms with E-state index in [1.165, 1.54) is 11.6 Å². The molecule has 1 aliphatic carbocycles. The second-order valence-electron chi connectivity index (χ2n) is 7.98. The van der Waals surface area contributed by atoms with E-state index >= 15 is 0 Å². The molecule has 0 radical (unpaired) electrons. The zero-order valence-corrected chi connectivity index (χ0v) is 18.8. The number of sulfone groups is 1. The van der Waals surface area contributed by atoms with Gasteiger partial charge in [-0.2, -0.15) is 0 Å². The van der Waals surface area contributed by atoms with Gasteiger partial charge in [0, 0.05) is 17.7 Å². The molecule has 0 bridgehead atoms. The Bertz CT molecular complexity index is 980. The van der Waals surface area contributed by atoms with Crippen molar-refractivity contribution >= 4 is 21.4 Å². The molecule has 0 aromatic heterocycles. The molecule has 0 saturated heterocycles. The number of hydrogen-bond acceptors (Lipinski definition) is 4. The Morgan fingerprint density at radius 1 is 1.20 bits per heavy atom. The van der Waals surface area contributed by atoms with E-state index in [1.807, 2.05) is 19.1 Å². The van der Waals surface area contributed by atoms with Gasteiger partial charge in [-0.25, -0.2) is 12.8 Å². The highest BCUT2D eigenvalue weighted by atomic mass is 35.5. The summed E-state index contributed by atoms with van der Waals surface area (Å²) >= 11 is 5.95. The van der Waals surface area contributed by atoms with Gasteiger partial charge >= 0.3 is 0 Å². The SMILES string of the molecule is CCCS(=O)(=O)CCCOc1ccc2c(c1)C(Cc1ccc(F)c(Cl)c1)C(N)CC2. The highest BCUT2D eigenvalue weighted by Crippen LogP contribution is 2.36. The predicted molar refractivity (Wildman–Crippen MR) is 120 cm³/mol. The Morgan fingerprint density at radius 3 is 2.73 bits per heavy atom. The fraction of sp³-hybridized carbons (Fsp3) is 0.478. The van der Waals surface area contributed by atoms with E-state index in [2.05, 4.69) is 6.07 Å². The Kier molecular flexibility index (Phi) is 7.77. The van der Waals surface area contributed by atoms with E-state index in [4.69, 9.17) is 22.1 Å². The summed E-state index contributed by atoms with van der Waals surface area (Å²) in [5.74, 6) is 0.746. The lowest BCUT2D eigenvalue weighted by Gasteiger charge is -2.32. The maximum atomic E-state index is 13.5. The molecule has 0 aliphatic heterocycles. The van der Waals surface area contributed by atoms with Gasteiger partial charge in [-0.1, -0.05) is 30.7 Å². The molecule has 2 N–H and O–H groups in total. The first-order valence-corrected chi connectivity index (χ1v) is 12.6. The van der Waals surface area contributed by atoms with Crippen molar-refractivity contribution in [3.05, 3.63) is 63.9 Å². The van der Waals surface area contributed by atoms with Crippen molar-refractivity contribution in [2.75, 3.05) is 18.1 Å². The summed E-state index contributed by atoms with van der Waals surface area (Å²) in [5, 5.41) is 0.118. The quantitative estimate of drug-likeness (QED) is 0.560. The van der Waals surface area contributed by atoms with Crippen molar-refractivity contribution < 1.29 is 17.5 Å². The zero-order valence-electron chi connectivity index (χ0n) is 17.2. The molecule has 30 heavy (non-hydrogen) atoms. The van der Waals surface area contributed by atoms with Crippen molar-refractivity contribution in [2.45, 2.75) is 51.0 Å². The van der Waals surface area contributed by atoms with Gasteiger partial charge in [0.1, 0.15) is 21.4 Å². The number of halogens is 2. The van der Waals surface area contributed by atoms with Crippen LogP contribution >= 0.6 is 11.6 Å². The van der Waals surface area contributed by atoms with Crippen LogP contribution in [0.3, 0.4) is 0 Å². The van der Waals surface area contributed by atoms with Gasteiger partial charge in [-0.15, -0.1) is 0 Å². The van der Waals surface area contributed by atoms with E-state index < -0.39 is 15.7 Å². The van der Waals surface area contributed by atoms with Gasteiger partial charge in [0.05, 0.1) is 17.4 Å². The molecule has 164 valence electrons. The zero-order chi connectivity index (χ0) is 21.7. The molecule has 2 unspecified atom stereocenters. The monoisotopic (exact) mass is 453 g/mol. The second-order valence-corrected chi connectivity index (χ2v) is 10.7. The molecule has 3 rings (SSSR count). The third kappa shape index (κ3) is 5.96. The van der Waals surface area contributed by atoms with Crippen LogP contribution in [0.15, 0.2) is 36.4 Å². The number of rotatable bonds is 9. The number of nitrogens with two attached hydrogens (primary N) is 1. The summed E-state index contributed by atoms with van der Waals surface area (Å²) in [6.45, 7) is 2.22. The topological polar surface area (TPSA) is 69.4 Å². The van der Waals surface area contributed by atoms with Crippen LogP contribution in [0, 0.1) is 5.82 Å². The summed E-state index contributed by atoms with van der Waals surface area (Å²) < 4.78 is 43.0. The molecule has 0 spiro atoms. The smallest absolute Gasteiger partial charge is 0.150 e. The van der Waals surface area contributed by atoms with E-state index in [1.54, 1.807) is 12.1 Å². The lowest BCUT2D eigenvalue weighted by Crippen LogP contribution is -2.34. The molecule has 2 aromatic rings. The third-order valence-electron chi connectivity index (χ3n) is 5.60. The van der Waals surface area contributed by atoms with Crippen LogP contribution < -0.4 is 10.5 Å². The molecule has 0 saturated carbocycles. The summed E-state index contributed by atoms with van der Waals surface area (Å²) in [5.41, 5.74) is 9.78. The molecule has 1 aliphatic rings. The van der Waals surface area contributed by atoms with Gasteiger partial charge in [0.2, 0.25) is 0 Å². The van der Waals surface area contributed by atoms with Gasteiger partial charge < -0.3 is 10.5 Å². The Balaban J connectivity index is 1.69. The lowest BCUT2D eigenvalue weighted by molar-refractivity contribution is 0.316. The van der Waals surface area contributed by atoms with Gasteiger partial charge in [-0.3, -0.25) is 0 Å². The minimum Gasteiger partial charge on any atom is -0.494 e. The number of ether oxygens (including phenoxy) is 1. The van der Waals surface area contributed by atoms with Crippen LogP contribution in [0.4, 0.5) is 4.39 Å². The molecule has 2 aromatic carbocycles. The Labute approximate surface area is 183 Å². The van der Waals surface area contributed by atoms with Crippen LogP contribution in [-0.2, 0) is 22.7 Å². The second kappa shape index (κ2) is 10.1. The van der Waals surface area contributed by atoms with E-state index in [-0.39, 0.29) is 28.5 Å². The van der Waals surface area contributed by atoms with Crippen LogP contribution in [0.1, 0.15) is 48.8 Å². The maximum Gasteiger partial charge on any atom is 0.150 e. The lowest BCUT2D eigenvalue weighted by atomic mass is 9.76. The fourth-order valence-electron chi connectivity index (χ4n) is 4.05. The van der Waals surface area contributed by atoms with E-state index in [9.17, 15) is 12.8 Å². The van der Waals surface area contributed by atoms with Crippen molar-refractivity contribution in [2.24, 2.45) is 5.73 Å². The first kappa shape index (κ1) is 23.0. The number of benzene rings is 2. The Morgan fingerprint density at radius 2 is 2.00 bits per heavy atom. The summed E-state index contributed by atoms with van der Waals surface area (Å²) in [7, 11) is -2.99. The molecule has 0 heterocycles. The van der Waals surface area contributed by atoms with Crippen LogP contribution in [0.5, 0.6) is 5.75 Å². The van der Waals surface area contributed by atoms with Crippen molar-refractivity contribution in [3.63, 3.8) is 0 Å². The minimum absolute atomic E-state index is 0.00392. The highest BCUT2D eigenvalue weighted by molar-refractivity contribution is 7.91. The normalized spacial score (nSPS) is 18.8. The average molecular weight is 454 g/mol. The maximum absolute atomic E-state index is 13.5. The summed E-state index contributed by atoms with van der Waals surface area (Å²) in [6.07, 6.45) is 3.58. The summed E-state index contributed by atoms with van der Waals surface area (Å²) in [4.78, 5) is 0. The molecular weight excluding hydrogens is 425 g/mol. The highest BCUT2D eigenvalue weighted by Gasteiger charge is 2.28. The third-order valence-corrected chi connectivity index (χ3v) is 7.83. The predicted octanol–water partition coefficient (Wildman–Crippen LogP) is 4.67. The number of hydrogen-bond donors (Lipinski definition) is 1. The standard InChI is InChI=1S/C23H29ClFNO3S/c1-2-11-30(27,28)12-3-10-29-18-7-5-17-6-9-23(26)20(19(17)15-18)13-16-4-8-22(25)21(24)14-16/h4-5,7-8,14-15,20,23H,2-3,6,9-13,26H2,1H3. The largest absolute Gasteiger partial charge is 0.494 e. The fourth-order valence-corrected chi connectivity index (χ4v) is 5.64.